The minimum absolute atomic E-state index is 0.0572. The number of hydrogen-bond donors (Lipinski definition) is 4. The molecule has 3 aromatic rings. The lowest BCUT2D eigenvalue weighted by Gasteiger charge is -2.28. The third-order valence-corrected chi connectivity index (χ3v) is 6.92. The van der Waals surface area contributed by atoms with Crippen LogP contribution in [0.25, 0.3) is 0 Å². The van der Waals surface area contributed by atoms with Crippen molar-refractivity contribution in [2.24, 2.45) is 16.6 Å². The lowest BCUT2D eigenvalue weighted by molar-refractivity contribution is -0.134. The number of rotatable bonds is 3. The standard InChI is InChI=1S/C15H13N3O.C10H12F3N3O2S/c16-14-15(19)17-12-9-5-4-8-11(12)13(18-14)10-6-2-1-3-7-10;11-10(12,13)7-5-6(8(14)18-15)9(19-7)16-1-3-17-4-2-16/h1-9,14H,16H2,(H,17,19);5,14H,1-4,15H2. The van der Waals surface area contributed by atoms with Gasteiger partial charge in [0.05, 0.1) is 30.2 Å². The van der Waals surface area contributed by atoms with Crippen LogP contribution in [0, 0.1) is 5.41 Å². The van der Waals surface area contributed by atoms with E-state index in [1.807, 2.05) is 54.6 Å². The molecule has 38 heavy (non-hydrogen) atoms. The van der Waals surface area contributed by atoms with Crippen molar-refractivity contribution in [2.45, 2.75) is 12.3 Å². The number of halogens is 3. The molecule has 0 radical (unpaired) electrons. The van der Waals surface area contributed by atoms with Gasteiger partial charge in [-0.25, -0.2) is 0 Å². The molecule has 1 aromatic heterocycles. The van der Waals surface area contributed by atoms with Crippen LogP contribution >= 0.6 is 11.3 Å². The van der Waals surface area contributed by atoms with Crippen LogP contribution in [0.5, 0.6) is 0 Å². The van der Waals surface area contributed by atoms with Gasteiger partial charge in [-0.2, -0.15) is 19.1 Å². The quantitative estimate of drug-likeness (QED) is 0.225. The highest BCUT2D eigenvalue weighted by molar-refractivity contribution is 7.16. The Balaban J connectivity index is 0.000000177. The van der Waals surface area contributed by atoms with E-state index in [1.54, 1.807) is 4.90 Å². The molecular weight excluding hydrogens is 521 g/mol. The minimum atomic E-state index is -4.45. The van der Waals surface area contributed by atoms with Crippen LogP contribution in [0.15, 0.2) is 65.7 Å². The summed E-state index contributed by atoms with van der Waals surface area (Å²) in [7, 11) is 0. The predicted octanol–water partition coefficient (Wildman–Crippen LogP) is 3.58. The zero-order chi connectivity index (χ0) is 27.3. The third-order valence-electron chi connectivity index (χ3n) is 5.68. The fourth-order valence-corrected chi connectivity index (χ4v) is 4.92. The predicted molar refractivity (Wildman–Crippen MR) is 140 cm³/mol. The van der Waals surface area contributed by atoms with Gasteiger partial charge in [0, 0.05) is 24.2 Å². The number of aliphatic imine (C=N–C) groups is 1. The zero-order valence-electron chi connectivity index (χ0n) is 20.0. The highest BCUT2D eigenvalue weighted by Crippen LogP contribution is 2.41. The maximum Gasteiger partial charge on any atom is 0.425 e. The van der Waals surface area contributed by atoms with Gasteiger partial charge < -0.3 is 25.5 Å². The van der Waals surface area contributed by atoms with E-state index in [-0.39, 0.29) is 11.5 Å². The first-order chi connectivity index (χ1) is 18.2. The van der Waals surface area contributed by atoms with E-state index in [1.165, 1.54) is 0 Å². The highest BCUT2D eigenvalue weighted by atomic mass is 32.1. The van der Waals surface area contributed by atoms with Gasteiger partial charge in [0.25, 0.3) is 5.91 Å². The number of benzene rings is 2. The van der Waals surface area contributed by atoms with Crippen LogP contribution in [-0.2, 0) is 20.5 Å². The van der Waals surface area contributed by atoms with Crippen LogP contribution in [-0.4, -0.2) is 50.0 Å². The van der Waals surface area contributed by atoms with Crippen LogP contribution < -0.4 is 21.8 Å². The lowest BCUT2D eigenvalue weighted by Crippen LogP contribution is -2.36. The molecule has 5 rings (SSSR count). The summed E-state index contributed by atoms with van der Waals surface area (Å²) in [4.78, 5) is 21.4. The Bertz CT molecular complexity index is 1320. The Morgan fingerprint density at radius 1 is 1.13 bits per heavy atom. The second-order valence-electron chi connectivity index (χ2n) is 8.20. The van der Waals surface area contributed by atoms with Crippen molar-refractivity contribution in [3.8, 4) is 0 Å². The molecule has 2 aromatic carbocycles. The first kappa shape index (κ1) is 27.3. The number of alkyl halides is 3. The second kappa shape index (κ2) is 11.7. The van der Waals surface area contributed by atoms with Crippen LogP contribution in [0.1, 0.15) is 21.6 Å². The fraction of sp³-hybridized carbons (Fsp3) is 0.240. The van der Waals surface area contributed by atoms with Gasteiger partial charge in [0.1, 0.15) is 9.88 Å². The molecule has 1 saturated heterocycles. The normalized spacial score (nSPS) is 17.3. The molecular formula is C25H25F3N6O3S. The summed E-state index contributed by atoms with van der Waals surface area (Å²) in [5.41, 5.74) is 9.15. The van der Waals surface area contributed by atoms with Crippen molar-refractivity contribution in [3.05, 3.63) is 82.2 Å². The molecule has 0 spiro atoms. The van der Waals surface area contributed by atoms with Gasteiger partial charge in [-0.3, -0.25) is 15.2 Å². The molecule has 1 unspecified atom stereocenters. The van der Waals surface area contributed by atoms with Crippen LogP contribution in [0.3, 0.4) is 0 Å². The van der Waals surface area contributed by atoms with Gasteiger partial charge in [-0.15, -0.1) is 11.3 Å². The highest BCUT2D eigenvalue weighted by Gasteiger charge is 2.36. The van der Waals surface area contributed by atoms with Crippen molar-refractivity contribution in [3.63, 3.8) is 0 Å². The fourth-order valence-electron chi connectivity index (χ4n) is 3.85. The number of amides is 1. The molecule has 2 aliphatic rings. The number of nitrogens with two attached hydrogens (primary N) is 2. The Hall–Kier alpha value is -3.78. The second-order valence-corrected chi connectivity index (χ2v) is 9.23. The zero-order valence-corrected chi connectivity index (χ0v) is 20.8. The number of carbonyl (C=O) groups excluding carboxylic acids is 1. The maximum absolute atomic E-state index is 12.7. The lowest BCUT2D eigenvalue weighted by atomic mass is 10.0. The van der Waals surface area contributed by atoms with Gasteiger partial charge in [0.15, 0.2) is 6.17 Å². The molecule has 3 heterocycles. The largest absolute Gasteiger partial charge is 0.425 e. The van der Waals surface area contributed by atoms with E-state index in [4.69, 9.17) is 21.8 Å². The van der Waals surface area contributed by atoms with E-state index in [0.29, 0.717) is 42.6 Å². The number of thiophene rings is 1. The van der Waals surface area contributed by atoms with E-state index in [2.05, 4.69) is 15.1 Å². The molecule has 0 saturated carbocycles. The van der Waals surface area contributed by atoms with Crippen molar-refractivity contribution in [2.75, 3.05) is 36.5 Å². The average Bonchev–Trinajstić information content (AvgIpc) is 3.34. The summed E-state index contributed by atoms with van der Waals surface area (Å²) < 4.78 is 43.4. The van der Waals surface area contributed by atoms with E-state index >= 15 is 0 Å². The topological polar surface area (TPSA) is 139 Å². The summed E-state index contributed by atoms with van der Waals surface area (Å²) in [5.74, 6) is 4.10. The third kappa shape index (κ3) is 6.19. The Morgan fingerprint density at radius 3 is 2.45 bits per heavy atom. The summed E-state index contributed by atoms with van der Waals surface area (Å²) in [6, 6.07) is 18.2. The Morgan fingerprint density at radius 2 is 1.79 bits per heavy atom. The van der Waals surface area contributed by atoms with Crippen LogP contribution in [0.4, 0.5) is 23.9 Å². The maximum atomic E-state index is 12.7. The number of fused-ring (bicyclic) bond motifs is 1. The SMILES string of the molecule is N=C(ON)c1cc(C(F)(F)F)sc1N1CCOCC1.NC1N=C(c2ccccc2)c2ccccc2NC1=O. The molecule has 0 bridgehead atoms. The van der Waals surface area contributed by atoms with Crippen molar-refractivity contribution < 1.29 is 27.5 Å². The van der Waals surface area contributed by atoms with Crippen molar-refractivity contribution in [1.82, 2.24) is 0 Å². The monoisotopic (exact) mass is 546 g/mol. The number of carbonyl (C=O) groups is 1. The number of anilines is 2. The van der Waals surface area contributed by atoms with Crippen molar-refractivity contribution >= 4 is 39.5 Å². The first-order valence-electron chi connectivity index (χ1n) is 11.5. The molecule has 0 aliphatic carbocycles. The molecule has 200 valence electrons. The Labute approximate surface area is 220 Å². The van der Waals surface area contributed by atoms with Gasteiger partial charge in [-0.05, 0) is 12.1 Å². The molecule has 1 amide bonds. The Kier molecular flexibility index (Phi) is 8.42. The smallest absolute Gasteiger partial charge is 0.391 e. The number of para-hydroxylation sites is 1. The molecule has 6 N–H and O–H groups in total. The summed E-state index contributed by atoms with van der Waals surface area (Å²) in [6.07, 6.45) is -5.33. The van der Waals surface area contributed by atoms with E-state index in [0.717, 1.165) is 28.6 Å². The number of morpholine rings is 1. The molecule has 2 aliphatic heterocycles. The molecule has 1 atom stereocenters. The van der Waals surface area contributed by atoms with Gasteiger partial charge in [0.2, 0.25) is 5.90 Å². The van der Waals surface area contributed by atoms with Crippen molar-refractivity contribution in [1.29, 1.82) is 5.41 Å². The van der Waals surface area contributed by atoms with E-state index < -0.39 is 23.1 Å². The number of ether oxygens (including phenoxy) is 1. The minimum Gasteiger partial charge on any atom is -0.391 e. The van der Waals surface area contributed by atoms with Crippen LogP contribution in [0.2, 0.25) is 0 Å². The first-order valence-corrected chi connectivity index (χ1v) is 12.3. The summed E-state index contributed by atoms with van der Waals surface area (Å²) in [5, 5.41) is 10.6. The van der Waals surface area contributed by atoms with Gasteiger partial charge in [-0.1, -0.05) is 48.5 Å². The molecule has 1 fully saturated rings. The molecule has 9 nitrogen and oxygen atoms in total. The number of nitrogens with one attached hydrogen (secondary N) is 2. The average molecular weight is 547 g/mol. The van der Waals surface area contributed by atoms with Gasteiger partial charge >= 0.3 is 6.18 Å². The molecule has 13 heteroatoms. The van der Waals surface area contributed by atoms with E-state index in [9.17, 15) is 18.0 Å². The number of benzodiazepines with no additional fused rings is 1. The summed E-state index contributed by atoms with van der Waals surface area (Å²) in [6.45, 7) is 1.83. The number of nitrogens with zero attached hydrogens (tertiary/aromatic N) is 2. The summed E-state index contributed by atoms with van der Waals surface area (Å²) >= 11 is 0.586. The number of hydrogen-bond acceptors (Lipinski definition) is 9.